The Balaban J connectivity index is 1.54. The van der Waals surface area contributed by atoms with Crippen LogP contribution in [0.4, 0.5) is 0 Å². The van der Waals surface area contributed by atoms with Crippen molar-refractivity contribution in [1.82, 2.24) is 20.4 Å². The Hall–Kier alpha value is -2.30. The monoisotopic (exact) mass is 269 g/mol. The maximum Gasteiger partial charge on any atom is 0.191 e. The quantitative estimate of drug-likeness (QED) is 0.881. The van der Waals surface area contributed by atoms with Crippen LogP contribution in [0.3, 0.4) is 0 Å². The molecule has 0 saturated carbocycles. The van der Waals surface area contributed by atoms with Gasteiger partial charge in [-0.25, -0.2) is 0 Å². The van der Waals surface area contributed by atoms with E-state index in [1.54, 1.807) is 6.20 Å². The lowest BCUT2D eigenvalue weighted by Crippen LogP contribution is -2.40. The van der Waals surface area contributed by atoms with Crippen LogP contribution in [0.25, 0.3) is 0 Å². The smallest absolute Gasteiger partial charge is 0.191 e. The van der Waals surface area contributed by atoms with Crippen LogP contribution in [0.1, 0.15) is 17.5 Å². The van der Waals surface area contributed by atoms with Crippen LogP contribution in [0.15, 0.2) is 47.7 Å². The van der Waals surface area contributed by atoms with Crippen molar-refractivity contribution in [2.45, 2.75) is 19.5 Å². The molecule has 5 nitrogen and oxygen atoms in total. The number of nitrogens with one attached hydrogen (secondary N) is 2. The molecule has 2 N–H and O–H groups in total. The molecule has 1 aliphatic rings. The standard InChI is InChI=1S/C15H19N5/c1-7-16-15(17-8-1)18-11-13-3-5-14(6-4-13)12-20-10-2-9-19-20/h2-6,9-10H,1,7-8,11-12H2,(H2,16,17,18). The molecule has 3 rings (SSSR count). The Kier molecular flexibility index (Phi) is 3.96. The van der Waals surface area contributed by atoms with Crippen molar-refractivity contribution in [3.63, 3.8) is 0 Å². The second-order valence-corrected chi connectivity index (χ2v) is 4.88. The zero-order valence-electron chi connectivity index (χ0n) is 11.4. The molecule has 0 unspecified atom stereocenters. The first kappa shape index (κ1) is 12.7. The highest BCUT2D eigenvalue weighted by molar-refractivity contribution is 5.80. The van der Waals surface area contributed by atoms with Crippen molar-refractivity contribution >= 4 is 5.96 Å². The number of hydrogen-bond donors (Lipinski definition) is 2. The maximum absolute atomic E-state index is 4.39. The average Bonchev–Trinajstić information content (AvgIpc) is 3.01. The summed E-state index contributed by atoms with van der Waals surface area (Å²) in [4.78, 5) is 4.39. The van der Waals surface area contributed by atoms with Crippen LogP contribution >= 0.6 is 0 Å². The molecule has 104 valence electrons. The van der Waals surface area contributed by atoms with E-state index in [-0.39, 0.29) is 0 Å². The maximum atomic E-state index is 4.39. The molecule has 1 aromatic carbocycles. The van der Waals surface area contributed by atoms with E-state index in [0.717, 1.165) is 38.6 Å². The van der Waals surface area contributed by atoms with Crippen molar-refractivity contribution in [2.75, 3.05) is 13.1 Å². The second-order valence-electron chi connectivity index (χ2n) is 4.88. The van der Waals surface area contributed by atoms with E-state index >= 15 is 0 Å². The van der Waals surface area contributed by atoms with Gasteiger partial charge in [0.1, 0.15) is 0 Å². The van der Waals surface area contributed by atoms with Crippen LogP contribution in [-0.2, 0) is 13.1 Å². The Labute approximate surface area is 118 Å². The highest BCUT2D eigenvalue weighted by Gasteiger charge is 2.03. The normalized spacial score (nSPS) is 14.5. The highest BCUT2D eigenvalue weighted by atomic mass is 15.3. The van der Waals surface area contributed by atoms with E-state index < -0.39 is 0 Å². The first-order chi connectivity index (χ1) is 9.90. The summed E-state index contributed by atoms with van der Waals surface area (Å²) in [5.74, 6) is 0.914. The molecule has 0 spiro atoms. The molecule has 0 radical (unpaired) electrons. The molecule has 5 heteroatoms. The number of aliphatic imine (C=N–C) groups is 1. The van der Waals surface area contributed by atoms with E-state index in [9.17, 15) is 0 Å². The average molecular weight is 269 g/mol. The van der Waals surface area contributed by atoms with Gasteiger partial charge in [-0.05, 0) is 23.6 Å². The fourth-order valence-electron chi connectivity index (χ4n) is 2.18. The van der Waals surface area contributed by atoms with Gasteiger partial charge in [-0.3, -0.25) is 9.67 Å². The molecule has 0 atom stereocenters. The number of guanidine groups is 1. The predicted octanol–water partition coefficient (Wildman–Crippen LogP) is 1.37. The van der Waals surface area contributed by atoms with Gasteiger partial charge in [0.25, 0.3) is 0 Å². The van der Waals surface area contributed by atoms with Crippen LogP contribution in [0, 0.1) is 0 Å². The number of benzene rings is 1. The summed E-state index contributed by atoms with van der Waals surface area (Å²) >= 11 is 0. The summed E-state index contributed by atoms with van der Waals surface area (Å²) in [5.41, 5.74) is 2.51. The summed E-state index contributed by atoms with van der Waals surface area (Å²) in [6, 6.07) is 10.5. The molecule has 0 bridgehead atoms. The minimum atomic E-state index is 0.799. The molecule has 0 aliphatic carbocycles. The molecule has 0 saturated heterocycles. The molecule has 20 heavy (non-hydrogen) atoms. The summed E-state index contributed by atoms with van der Waals surface area (Å²) in [6.07, 6.45) is 4.89. The first-order valence-corrected chi connectivity index (χ1v) is 6.97. The molecule has 2 heterocycles. The molecule has 2 aromatic rings. The van der Waals surface area contributed by atoms with Gasteiger partial charge in [-0.1, -0.05) is 24.3 Å². The van der Waals surface area contributed by atoms with E-state index in [4.69, 9.17) is 0 Å². The minimum Gasteiger partial charge on any atom is -0.356 e. The second kappa shape index (κ2) is 6.23. The highest BCUT2D eigenvalue weighted by Crippen LogP contribution is 2.06. The molecular weight excluding hydrogens is 250 g/mol. The van der Waals surface area contributed by atoms with Crippen LogP contribution in [0.2, 0.25) is 0 Å². The van der Waals surface area contributed by atoms with Gasteiger partial charge in [0.05, 0.1) is 6.54 Å². The predicted molar refractivity (Wildman–Crippen MR) is 79.5 cm³/mol. The van der Waals surface area contributed by atoms with E-state index in [1.807, 2.05) is 16.9 Å². The lowest BCUT2D eigenvalue weighted by Gasteiger charge is -2.16. The largest absolute Gasteiger partial charge is 0.356 e. The van der Waals surface area contributed by atoms with Crippen LogP contribution < -0.4 is 10.6 Å². The van der Waals surface area contributed by atoms with Gasteiger partial charge in [-0.15, -0.1) is 0 Å². The molecule has 1 aliphatic heterocycles. The Morgan fingerprint density at radius 1 is 1.20 bits per heavy atom. The lowest BCUT2D eigenvalue weighted by atomic mass is 10.1. The molecular formula is C15H19N5. The fourth-order valence-corrected chi connectivity index (χ4v) is 2.18. The van der Waals surface area contributed by atoms with E-state index in [1.165, 1.54) is 11.1 Å². The van der Waals surface area contributed by atoms with Crippen molar-refractivity contribution in [2.24, 2.45) is 4.99 Å². The topological polar surface area (TPSA) is 54.2 Å². The third kappa shape index (κ3) is 3.38. The zero-order valence-corrected chi connectivity index (χ0v) is 11.4. The van der Waals surface area contributed by atoms with E-state index in [0.29, 0.717) is 0 Å². The number of rotatable bonds is 4. The molecule has 0 fully saturated rings. The van der Waals surface area contributed by atoms with Crippen molar-refractivity contribution in [1.29, 1.82) is 0 Å². The van der Waals surface area contributed by atoms with Gasteiger partial charge >= 0.3 is 0 Å². The molecule has 0 amide bonds. The zero-order chi connectivity index (χ0) is 13.6. The number of aromatic nitrogens is 2. The van der Waals surface area contributed by atoms with Gasteiger partial charge in [0.2, 0.25) is 0 Å². The first-order valence-electron chi connectivity index (χ1n) is 6.97. The Bertz CT molecular complexity index is 556. The number of nitrogens with zero attached hydrogens (tertiary/aromatic N) is 3. The van der Waals surface area contributed by atoms with Crippen molar-refractivity contribution in [3.8, 4) is 0 Å². The van der Waals surface area contributed by atoms with Gasteiger partial charge < -0.3 is 10.6 Å². The van der Waals surface area contributed by atoms with E-state index in [2.05, 4.69) is 45.0 Å². The van der Waals surface area contributed by atoms with Crippen LogP contribution in [0.5, 0.6) is 0 Å². The third-order valence-corrected chi connectivity index (χ3v) is 3.28. The van der Waals surface area contributed by atoms with Crippen LogP contribution in [-0.4, -0.2) is 28.8 Å². The van der Waals surface area contributed by atoms with Crippen molar-refractivity contribution in [3.05, 3.63) is 53.9 Å². The van der Waals surface area contributed by atoms with Crippen molar-refractivity contribution < 1.29 is 0 Å². The lowest BCUT2D eigenvalue weighted by molar-refractivity contribution is 0.686. The fraction of sp³-hybridized carbons (Fsp3) is 0.333. The summed E-state index contributed by atoms with van der Waals surface area (Å²) in [5, 5.41) is 10.8. The Morgan fingerprint density at radius 3 is 2.75 bits per heavy atom. The SMILES string of the molecule is c1cnn(Cc2ccc(CNC3=NCCCN3)cc2)c1. The summed E-state index contributed by atoms with van der Waals surface area (Å²) in [6.45, 7) is 3.54. The molecule has 1 aromatic heterocycles. The number of hydrogen-bond acceptors (Lipinski definition) is 4. The minimum absolute atomic E-state index is 0.799. The third-order valence-electron chi connectivity index (χ3n) is 3.28. The van der Waals surface area contributed by atoms with Gasteiger partial charge in [-0.2, -0.15) is 5.10 Å². The summed E-state index contributed by atoms with van der Waals surface area (Å²) < 4.78 is 1.92. The summed E-state index contributed by atoms with van der Waals surface area (Å²) in [7, 11) is 0. The van der Waals surface area contributed by atoms with Gasteiger partial charge in [0.15, 0.2) is 5.96 Å². The Morgan fingerprint density at radius 2 is 2.05 bits per heavy atom. The van der Waals surface area contributed by atoms with Gasteiger partial charge in [0, 0.05) is 32.0 Å².